The second-order valence-corrected chi connectivity index (χ2v) is 4.77. The van der Waals surface area contributed by atoms with Crippen LogP contribution < -0.4 is 10.1 Å². The predicted octanol–water partition coefficient (Wildman–Crippen LogP) is 2.31. The molecular formula is C13H16BrN3O. The lowest BCUT2D eigenvalue weighted by Gasteiger charge is -2.08. The Bertz CT molecular complexity index is 442. The molecule has 2 rings (SSSR count). The fourth-order valence-corrected chi connectivity index (χ4v) is 1.79. The van der Waals surface area contributed by atoms with Crippen molar-refractivity contribution in [1.82, 2.24) is 14.9 Å². The molecule has 0 fully saturated rings. The lowest BCUT2D eigenvalue weighted by molar-refractivity contribution is 0.313. The fraction of sp³-hybridized carbons (Fsp3) is 0.308. The lowest BCUT2D eigenvalue weighted by Crippen LogP contribution is -2.24. The van der Waals surface area contributed by atoms with Crippen LogP contribution in [-0.2, 0) is 6.54 Å². The van der Waals surface area contributed by atoms with Crippen LogP contribution in [0.5, 0.6) is 5.75 Å². The quantitative estimate of drug-likeness (QED) is 0.798. The zero-order valence-corrected chi connectivity index (χ0v) is 11.6. The third-order valence-electron chi connectivity index (χ3n) is 2.47. The normalized spacial score (nSPS) is 10.5. The van der Waals surface area contributed by atoms with E-state index in [9.17, 15) is 0 Å². The van der Waals surface area contributed by atoms with Crippen LogP contribution in [0.25, 0.3) is 0 Å². The number of aromatic nitrogens is 2. The van der Waals surface area contributed by atoms with Crippen molar-refractivity contribution in [2.24, 2.45) is 0 Å². The van der Waals surface area contributed by atoms with Crippen molar-refractivity contribution in [3.63, 3.8) is 0 Å². The van der Waals surface area contributed by atoms with Crippen LogP contribution in [0.2, 0.25) is 0 Å². The molecule has 2 aromatic rings. The van der Waals surface area contributed by atoms with E-state index in [4.69, 9.17) is 4.74 Å². The van der Waals surface area contributed by atoms with Crippen molar-refractivity contribution >= 4 is 15.9 Å². The van der Waals surface area contributed by atoms with Gasteiger partial charge in [0.1, 0.15) is 12.4 Å². The zero-order valence-electron chi connectivity index (χ0n) is 10.1. The average Bonchev–Trinajstić information content (AvgIpc) is 2.89. The molecule has 96 valence electrons. The van der Waals surface area contributed by atoms with Gasteiger partial charge in [0.05, 0.1) is 6.33 Å². The molecular weight excluding hydrogens is 294 g/mol. The number of hydrogen-bond acceptors (Lipinski definition) is 3. The Morgan fingerprint density at radius 1 is 1.22 bits per heavy atom. The summed E-state index contributed by atoms with van der Waals surface area (Å²) < 4.78 is 8.70. The van der Waals surface area contributed by atoms with Crippen LogP contribution in [0.3, 0.4) is 0 Å². The van der Waals surface area contributed by atoms with E-state index in [0.29, 0.717) is 6.61 Å². The van der Waals surface area contributed by atoms with Crippen molar-refractivity contribution < 1.29 is 4.74 Å². The number of benzene rings is 1. The first-order valence-electron chi connectivity index (χ1n) is 5.89. The highest BCUT2D eigenvalue weighted by molar-refractivity contribution is 9.10. The summed E-state index contributed by atoms with van der Waals surface area (Å²) in [5, 5.41) is 3.32. The molecule has 4 nitrogen and oxygen atoms in total. The Hall–Kier alpha value is -1.33. The van der Waals surface area contributed by atoms with Gasteiger partial charge in [-0.15, -0.1) is 0 Å². The smallest absolute Gasteiger partial charge is 0.119 e. The van der Waals surface area contributed by atoms with Gasteiger partial charge in [-0.3, -0.25) is 0 Å². The Labute approximate surface area is 115 Å². The van der Waals surface area contributed by atoms with Gasteiger partial charge in [-0.25, -0.2) is 4.98 Å². The molecule has 0 aliphatic carbocycles. The maximum atomic E-state index is 5.60. The van der Waals surface area contributed by atoms with Crippen molar-refractivity contribution in [3.8, 4) is 5.75 Å². The monoisotopic (exact) mass is 309 g/mol. The number of imidazole rings is 1. The molecule has 0 saturated carbocycles. The van der Waals surface area contributed by atoms with E-state index >= 15 is 0 Å². The van der Waals surface area contributed by atoms with Crippen LogP contribution in [0.1, 0.15) is 0 Å². The van der Waals surface area contributed by atoms with E-state index in [1.54, 1.807) is 6.20 Å². The van der Waals surface area contributed by atoms with Crippen molar-refractivity contribution in [3.05, 3.63) is 47.5 Å². The molecule has 0 aliphatic heterocycles. The standard InChI is InChI=1S/C13H16BrN3O/c14-12-1-3-13(4-2-12)18-10-7-15-5-8-17-9-6-16-11-17/h1-4,6,9,11,15H,5,7-8,10H2. The summed E-state index contributed by atoms with van der Waals surface area (Å²) in [6.45, 7) is 3.36. The van der Waals surface area contributed by atoms with E-state index in [1.165, 1.54) is 0 Å². The minimum absolute atomic E-state index is 0.672. The van der Waals surface area contributed by atoms with E-state index in [0.717, 1.165) is 29.9 Å². The van der Waals surface area contributed by atoms with E-state index in [1.807, 2.05) is 41.4 Å². The van der Waals surface area contributed by atoms with Crippen molar-refractivity contribution in [2.45, 2.75) is 6.54 Å². The van der Waals surface area contributed by atoms with Gasteiger partial charge in [-0.2, -0.15) is 0 Å². The first kappa shape index (κ1) is 13.1. The molecule has 5 heteroatoms. The van der Waals surface area contributed by atoms with Gasteiger partial charge >= 0.3 is 0 Å². The van der Waals surface area contributed by atoms with Crippen LogP contribution in [-0.4, -0.2) is 29.2 Å². The minimum Gasteiger partial charge on any atom is -0.492 e. The number of nitrogens with zero attached hydrogens (tertiary/aromatic N) is 2. The fourth-order valence-electron chi connectivity index (χ4n) is 1.52. The van der Waals surface area contributed by atoms with Gasteiger partial charge in [-0.1, -0.05) is 15.9 Å². The first-order valence-corrected chi connectivity index (χ1v) is 6.69. The highest BCUT2D eigenvalue weighted by Crippen LogP contribution is 2.15. The maximum absolute atomic E-state index is 5.60. The number of hydrogen-bond donors (Lipinski definition) is 1. The first-order chi connectivity index (χ1) is 8.84. The van der Waals surface area contributed by atoms with Crippen molar-refractivity contribution in [2.75, 3.05) is 19.7 Å². The van der Waals surface area contributed by atoms with Crippen LogP contribution >= 0.6 is 15.9 Å². The van der Waals surface area contributed by atoms with Gasteiger partial charge in [0.15, 0.2) is 0 Å². The van der Waals surface area contributed by atoms with Gasteiger partial charge in [0.25, 0.3) is 0 Å². The van der Waals surface area contributed by atoms with E-state index in [2.05, 4.69) is 26.2 Å². The number of nitrogens with one attached hydrogen (secondary N) is 1. The largest absolute Gasteiger partial charge is 0.492 e. The lowest BCUT2D eigenvalue weighted by atomic mass is 10.3. The summed E-state index contributed by atoms with van der Waals surface area (Å²) in [6.07, 6.45) is 5.57. The topological polar surface area (TPSA) is 39.1 Å². The molecule has 0 unspecified atom stereocenters. The Kier molecular flexibility index (Phi) is 5.23. The molecule has 0 amide bonds. The number of halogens is 1. The average molecular weight is 310 g/mol. The molecule has 1 aromatic carbocycles. The van der Waals surface area contributed by atoms with Crippen LogP contribution in [0.4, 0.5) is 0 Å². The Morgan fingerprint density at radius 2 is 2.06 bits per heavy atom. The van der Waals surface area contributed by atoms with Crippen LogP contribution in [0, 0.1) is 0 Å². The maximum Gasteiger partial charge on any atom is 0.119 e. The van der Waals surface area contributed by atoms with E-state index in [-0.39, 0.29) is 0 Å². The van der Waals surface area contributed by atoms with Gasteiger partial charge in [0.2, 0.25) is 0 Å². The molecule has 1 heterocycles. The molecule has 0 atom stereocenters. The molecule has 0 aliphatic rings. The van der Waals surface area contributed by atoms with Crippen molar-refractivity contribution in [1.29, 1.82) is 0 Å². The molecule has 0 bridgehead atoms. The molecule has 0 spiro atoms. The van der Waals surface area contributed by atoms with Gasteiger partial charge in [0, 0.05) is 36.5 Å². The second-order valence-electron chi connectivity index (χ2n) is 3.85. The molecule has 0 radical (unpaired) electrons. The summed E-state index contributed by atoms with van der Waals surface area (Å²) in [4.78, 5) is 3.99. The molecule has 0 saturated heterocycles. The van der Waals surface area contributed by atoms with Crippen LogP contribution in [0.15, 0.2) is 47.5 Å². The summed E-state index contributed by atoms with van der Waals surface area (Å²) >= 11 is 3.39. The summed E-state index contributed by atoms with van der Waals surface area (Å²) in [6, 6.07) is 7.86. The Morgan fingerprint density at radius 3 is 2.78 bits per heavy atom. The minimum atomic E-state index is 0.672. The second kappa shape index (κ2) is 7.18. The third-order valence-corrected chi connectivity index (χ3v) is 3.00. The molecule has 1 aromatic heterocycles. The highest BCUT2D eigenvalue weighted by Gasteiger charge is 1.94. The summed E-state index contributed by atoms with van der Waals surface area (Å²) in [5.74, 6) is 0.898. The molecule has 1 N–H and O–H groups in total. The van der Waals surface area contributed by atoms with Gasteiger partial charge in [-0.05, 0) is 24.3 Å². The number of rotatable bonds is 7. The predicted molar refractivity (Wildman–Crippen MR) is 74.7 cm³/mol. The summed E-state index contributed by atoms with van der Waals surface area (Å²) in [5.41, 5.74) is 0. The van der Waals surface area contributed by atoms with E-state index < -0.39 is 0 Å². The van der Waals surface area contributed by atoms with Gasteiger partial charge < -0.3 is 14.6 Å². The summed E-state index contributed by atoms with van der Waals surface area (Å²) in [7, 11) is 0. The third kappa shape index (κ3) is 4.50. The number of ether oxygens (including phenoxy) is 1. The molecule has 18 heavy (non-hydrogen) atoms. The Balaban J connectivity index is 1.55. The highest BCUT2D eigenvalue weighted by atomic mass is 79.9. The zero-order chi connectivity index (χ0) is 12.6. The SMILES string of the molecule is Brc1ccc(OCCNCCn2ccnc2)cc1.